The number of carboxylic acid groups (broad SMARTS) is 1. The first kappa shape index (κ1) is 13.9. The van der Waals surface area contributed by atoms with E-state index in [0.717, 1.165) is 12.0 Å². The van der Waals surface area contributed by atoms with Crippen LogP contribution in [0.3, 0.4) is 0 Å². The molecule has 0 fully saturated rings. The summed E-state index contributed by atoms with van der Waals surface area (Å²) in [5.41, 5.74) is 1.26. The summed E-state index contributed by atoms with van der Waals surface area (Å²) in [5.74, 6) is -0.175. The summed E-state index contributed by atoms with van der Waals surface area (Å²) < 4.78 is 10.6. The van der Waals surface area contributed by atoms with Gasteiger partial charge in [0.05, 0.1) is 13.7 Å². The Labute approximate surface area is 117 Å². The van der Waals surface area contributed by atoms with Crippen molar-refractivity contribution >= 4 is 5.97 Å². The molecule has 4 nitrogen and oxygen atoms in total. The Hall–Kier alpha value is -2.49. The van der Waals surface area contributed by atoms with E-state index >= 15 is 0 Å². The van der Waals surface area contributed by atoms with Gasteiger partial charge in [0.2, 0.25) is 0 Å². The van der Waals surface area contributed by atoms with Crippen molar-refractivity contribution in [2.45, 2.75) is 6.42 Å². The molecule has 0 saturated carbocycles. The van der Waals surface area contributed by atoms with Gasteiger partial charge in [-0.15, -0.1) is 0 Å². The monoisotopic (exact) mass is 272 g/mol. The van der Waals surface area contributed by atoms with E-state index < -0.39 is 5.97 Å². The fraction of sp³-hybridized carbons (Fsp3) is 0.188. The second-order valence-corrected chi connectivity index (χ2v) is 4.25. The lowest BCUT2D eigenvalue weighted by Gasteiger charge is -2.10. The van der Waals surface area contributed by atoms with Crippen molar-refractivity contribution in [1.29, 1.82) is 0 Å². The van der Waals surface area contributed by atoms with Crippen molar-refractivity contribution in [3.8, 4) is 11.5 Å². The van der Waals surface area contributed by atoms with E-state index in [9.17, 15) is 4.79 Å². The minimum absolute atomic E-state index is 0.109. The standard InChI is InChI=1S/C16H16O4/c1-19-13-7-8-15(14(11-13)16(17)18)20-10-9-12-5-3-2-4-6-12/h2-8,11H,9-10H2,1H3,(H,17,18). The van der Waals surface area contributed by atoms with Gasteiger partial charge in [-0.25, -0.2) is 4.79 Å². The molecule has 0 atom stereocenters. The van der Waals surface area contributed by atoms with Gasteiger partial charge < -0.3 is 14.6 Å². The highest BCUT2D eigenvalue weighted by Gasteiger charge is 2.12. The third kappa shape index (κ3) is 3.51. The van der Waals surface area contributed by atoms with Gasteiger partial charge in [0.1, 0.15) is 17.1 Å². The first-order chi connectivity index (χ1) is 9.70. The number of carbonyl (C=O) groups is 1. The van der Waals surface area contributed by atoms with Crippen LogP contribution in [0.4, 0.5) is 0 Å². The topological polar surface area (TPSA) is 55.8 Å². The summed E-state index contributed by atoms with van der Waals surface area (Å²) in [6, 6.07) is 14.7. The number of rotatable bonds is 6. The lowest BCUT2D eigenvalue weighted by atomic mass is 10.1. The zero-order chi connectivity index (χ0) is 14.4. The van der Waals surface area contributed by atoms with Crippen molar-refractivity contribution in [3.63, 3.8) is 0 Å². The van der Waals surface area contributed by atoms with Gasteiger partial charge in [0.15, 0.2) is 0 Å². The van der Waals surface area contributed by atoms with Crippen LogP contribution in [-0.4, -0.2) is 24.8 Å². The molecule has 0 unspecified atom stereocenters. The molecule has 2 rings (SSSR count). The number of hydrogen-bond acceptors (Lipinski definition) is 3. The van der Waals surface area contributed by atoms with Crippen LogP contribution < -0.4 is 9.47 Å². The Morgan fingerprint density at radius 1 is 1.15 bits per heavy atom. The molecule has 0 aliphatic rings. The molecule has 1 N–H and O–H groups in total. The summed E-state index contributed by atoms with van der Waals surface area (Å²) in [7, 11) is 1.50. The molecule has 2 aromatic carbocycles. The quantitative estimate of drug-likeness (QED) is 0.878. The smallest absolute Gasteiger partial charge is 0.339 e. The summed E-state index contributed by atoms with van der Waals surface area (Å²) in [6.45, 7) is 0.427. The van der Waals surface area contributed by atoms with Gasteiger partial charge in [0, 0.05) is 6.42 Å². The maximum Gasteiger partial charge on any atom is 0.339 e. The van der Waals surface area contributed by atoms with Gasteiger partial charge in [-0.1, -0.05) is 30.3 Å². The van der Waals surface area contributed by atoms with Crippen LogP contribution in [0.1, 0.15) is 15.9 Å². The molecule has 4 heteroatoms. The highest BCUT2D eigenvalue weighted by Crippen LogP contribution is 2.24. The number of benzene rings is 2. The van der Waals surface area contributed by atoms with Crippen molar-refractivity contribution < 1.29 is 19.4 Å². The third-order valence-electron chi connectivity index (χ3n) is 2.91. The SMILES string of the molecule is COc1ccc(OCCc2ccccc2)c(C(=O)O)c1. The number of hydrogen-bond donors (Lipinski definition) is 1. The fourth-order valence-electron chi connectivity index (χ4n) is 1.85. The van der Waals surface area contributed by atoms with E-state index in [1.165, 1.54) is 13.2 Å². The highest BCUT2D eigenvalue weighted by atomic mass is 16.5. The molecular weight excluding hydrogens is 256 g/mol. The molecule has 0 amide bonds. The van der Waals surface area contributed by atoms with Crippen molar-refractivity contribution in [2.75, 3.05) is 13.7 Å². The van der Waals surface area contributed by atoms with Crippen molar-refractivity contribution in [2.24, 2.45) is 0 Å². The maximum atomic E-state index is 11.2. The zero-order valence-electron chi connectivity index (χ0n) is 11.2. The van der Waals surface area contributed by atoms with E-state index in [-0.39, 0.29) is 5.56 Å². The second kappa shape index (κ2) is 6.61. The molecule has 0 aliphatic heterocycles. The largest absolute Gasteiger partial charge is 0.497 e. The van der Waals surface area contributed by atoms with Crippen LogP contribution in [0.5, 0.6) is 11.5 Å². The van der Waals surface area contributed by atoms with Gasteiger partial charge in [-0.2, -0.15) is 0 Å². The summed E-state index contributed by atoms with van der Waals surface area (Å²) in [4.78, 5) is 11.2. The maximum absolute atomic E-state index is 11.2. The van der Waals surface area contributed by atoms with Crippen LogP contribution in [0.25, 0.3) is 0 Å². The average molecular weight is 272 g/mol. The predicted octanol–water partition coefficient (Wildman–Crippen LogP) is 3.01. The van der Waals surface area contributed by atoms with Gasteiger partial charge >= 0.3 is 5.97 Å². The van der Waals surface area contributed by atoms with Crippen LogP contribution >= 0.6 is 0 Å². The van der Waals surface area contributed by atoms with Gasteiger partial charge in [-0.3, -0.25) is 0 Å². The Kier molecular flexibility index (Phi) is 4.60. The zero-order valence-corrected chi connectivity index (χ0v) is 11.2. The van der Waals surface area contributed by atoms with E-state index in [2.05, 4.69) is 0 Å². The van der Waals surface area contributed by atoms with Crippen LogP contribution in [0.2, 0.25) is 0 Å². The fourth-order valence-corrected chi connectivity index (χ4v) is 1.85. The van der Waals surface area contributed by atoms with Crippen LogP contribution in [-0.2, 0) is 6.42 Å². The Balaban J connectivity index is 2.04. The molecular formula is C16H16O4. The van der Waals surface area contributed by atoms with Crippen molar-refractivity contribution in [3.05, 3.63) is 59.7 Å². The summed E-state index contributed by atoms with van der Waals surface area (Å²) in [6.07, 6.45) is 0.728. The molecule has 104 valence electrons. The van der Waals surface area contributed by atoms with Crippen molar-refractivity contribution in [1.82, 2.24) is 0 Å². The Morgan fingerprint density at radius 3 is 2.55 bits per heavy atom. The van der Waals surface area contributed by atoms with Gasteiger partial charge in [-0.05, 0) is 23.8 Å². The van der Waals surface area contributed by atoms with Gasteiger partial charge in [0.25, 0.3) is 0 Å². The van der Waals surface area contributed by atoms with E-state index in [1.807, 2.05) is 30.3 Å². The minimum atomic E-state index is -1.03. The number of carboxylic acids is 1. The first-order valence-electron chi connectivity index (χ1n) is 6.29. The number of methoxy groups -OCH3 is 1. The molecule has 0 aromatic heterocycles. The molecule has 20 heavy (non-hydrogen) atoms. The minimum Gasteiger partial charge on any atom is -0.497 e. The lowest BCUT2D eigenvalue weighted by Crippen LogP contribution is -2.06. The highest BCUT2D eigenvalue weighted by molar-refractivity contribution is 5.91. The molecule has 0 spiro atoms. The van der Waals surface area contributed by atoms with E-state index in [0.29, 0.717) is 18.1 Å². The molecule has 0 radical (unpaired) electrons. The first-order valence-corrected chi connectivity index (χ1v) is 6.29. The predicted molar refractivity (Wildman–Crippen MR) is 75.6 cm³/mol. The molecule has 0 saturated heterocycles. The van der Waals surface area contributed by atoms with Crippen LogP contribution in [0.15, 0.2) is 48.5 Å². The molecule has 0 aliphatic carbocycles. The third-order valence-corrected chi connectivity index (χ3v) is 2.91. The normalized spacial score (nSPS) is 10.1. The molecule has 0 heterocycles. The summed E-state index contributed by atoms with van der Waals surface area (Å²) in [5, 5.41) is 9.17. The van der Waals surface area contributed by atoms with Crippen LogP contribution in [0, 0.1) is 0 Å². The molecule has 2 aromatic rings. The Bertz CT molecular complexity index is 578. The summed E-state index contributed by atoms with van der Waals surface area (Å²) >= 11 is 0. The lowest BCUT2D eigenvalue weighted by molar-refractivity contribution is 0.0692. The van der Waals surface area contributed by atoms with E-state index in [1.54, 1.807) is 12.1 Å². The molecule has 0 bridgehead atoms. The van der Waals surface area contributed by atoms with E-state index in [4.69, 9.17) is 14.6 Å². The average Bonchev–Trinajstić information content (AvgIpc) is 2.48. The second-order valence-electron chi connectivity index (χ2n) is 4.25. The Morgan fingerprint density at radius 2 is 1.90 bits per heavy atom. The number of aromatic carboxylic acids is 1. The number of ether oxygens (including phenoxy) is 2.